The van der Waals surface area contributed by atoms with E-state index in [1.165, 1.54) is 17.0 Å². The number of phenolic OH excluding ortho intramolecular Hbond substituents is 1. The van der Waals surface area contributed by atoms with E-state index >= 15 is 0 Å². The molecule has 0 aliphatic rings. The molecule has 0 aliphatic heterocycles. The number of hydrogen-bond donors (Lipinski definition) is 4. The molecule has 0 saturated heterocycles. The van der Waals surface area contributed by atoms with Gasteiger partial charge in [0.05, 0.1) is 6.42 Å². The summed E-state index contributed by atoms with van der Waals surface area (Å²) in [7, 11) is 0. The van der Waals surface area contributed by atoms with E-state index in [9.17, 15) is 24.3 Å². The Kier molecular flexibility index (Phi) is 9.48. The summed E-state index contributed by atoms with van der Waals surface area (Å²) in [6, 6.07) is 2.99. The number of alkyl carbamates (subject to hydrolysis) is 1. The summed E-state index contributed by atoms with van der Waals surface area (Å²) in [4.78, 5) is 52.4. The maximum absolute atomic E-state index is 13.7. The van der Waals surface area contributed by atoms with Crippen molar-refractivity contribution < 1.29 is 29.0 Å². The molecule has 0 spiro atoms. The average Bonchev–Trinajstić information content (AvgIpc) is 2.62. The summed E-state index contributed by atoms with van der Waals surface area (Å²) in [5.41, 5.74) is 4.07. The third-order valence-corrected chi connectivity index (χ3v) is 4.46. The van der Waals surface area contributed by atoms with Crippen LogP contribution in [0.2, 0.25) is 0 Å². The Morgan fingerprint density at radius 3 is 2.06 bits per heavy atom. The van der Waals surface area contributed by atoms with Gasteiger partial charge in [0, 0.05) is 17.1 Å². The molecule has 4 amide bonds. The Bertz CT molecular complexity index is 901. The van der Waals surface area contributed by atoms with Gasteiger partial charge < -0.3 is 31.1 Å². The predicted molar refractivity (Wildman–Crippen MR) is 128 cm³/mol. The van der Waals surface area contributed by atoms with E-state index in [-0.39, 0.29) is 11.3 Å². The third kappa shape index (κ3) is 8.92. The fraction of sp³-hybridized carbons (Fsp3) is 0.583. The second-order valence-electron chi connectivity index (χ2n) is 10.4. The normalized spacial score (nSPS) is 13.6. The Morgan fingerprint density at radius 1 is 1.06 bits per heavy atom. The number of rotatable bonds is 8. The molecular formula is C24H38N4O6. The zero-order valence-electron chi connectivity index (χ0n) is 21.3. The van der Waals surface area contributed by atoms with Crippen LogP contribution in [0.25, 0.3) is 0 Å². The smallest absolute Gasteiger partial charge is 0.408 e. The van der Waals surface area contributed by atoms with Gasteiger partial charge in [-0.2, -0.15) is 0 Å². The lowest BCUT2D eigenvalue weighted by Gasteiger charge is -2.38. The van der Waals surface area contributed by atoms with Gasteiger partial charge in [0.2, 0.25) is 17.7 Å². The molecule has 1 aromatic carbocycles. The number of carbonyl (C=O) groups is 4. The highest BCUT2D eigenvalue weighted by molar-refractivity contribution is 5.95. The van der Waals surface area contributed by atoms with Crippen LogP contribution in [0.5, 0.6) is 5.75 Å². The number of nitrogens with zero attached hydrogens (tertiary/aromatic N) is 1. The van der Waals surface area contributed by atoms with Crippen LogP contribution >= 0.6 is 0 Å². The molecule has 0 saturated carbocycles. The second-order valence-corrected chi connectivity index (χ2v) is 10.4. The van der Waals surface area contributed by atoms with Gasteiger partial charge in [0.15, 0.2) is 0 Å². The van der Waals surface area contributed by atoms with Crippen molar-refractivity contribution in [1.29, 1.82) is 0 Å². The summed E-state index contributed by atoms with van der Waals surface area (Å²) >= 11 is 0. The number of benzene rings is 1. The number of aromatic hydroxyl groups is 1. The van der Waals surface area contributed by atoms with E-state index < -0.39 is 59.5 Å². The maximum Gasteiger partial charge on any atom is 0.408 e. The number of nitrogens with two attached hydrogens (primary N) is 1. The van der Waals surface area contributed by atoms with Crippen LogP contribution in [0.3, 0.4) is 0 Å². The Labute approximate surface area is 201 Å². The minimum absolute atomic E-state index is 0.179. The molecule has 1 aromatic rings. The quantitative estimate of drug-likeness (QED) is 0.450. The van der Waals surface area contributed by atoms with Crippen LogP contribution < -0.4 is 16.4 Å². The molecule has 0 bridgehead atoms. The molecule has 1 rings (SSSR count). The molecule has 0 aromatic heterocycles. The van der Waals surface area contributed by atoms with E-state index in [0.29, 0.717) is 0 Å². The number of nitrogens with one attached hydrogen (secondary N) is 2. The zero-order chi connectivity index (χ0) is 26.4. The van der Waals surface area contributed by atoms with Crippen molar-refractivity contribution in [2.45, 2.75) is 91.1 Å². The van der Waals surface area contributed by atoms with Crippen LogP contribution in [0, 0.1) is 0 Å². The number of para-hydroxylation sites is 1. The van der Waals surface area contributed by atoms with Gasteiger partial charge in [-0.15, -0.1) is 0 Å². The van der Waals surface area contributed by atoms with Crippen molar-refractivity contribution in [1.82, 2.24) is 15.5 Å². The van der Waals surface area contributed by atoms with Gasteiger partial charge in [-0.05, 0) is 61.5 Å². The topological polar surface area (TPSA) is 151 Å². The highest BCUT2D eigenvalue weighted by Crippen LogP contribution is 2.31. The first-order valence-electron chi connectivity index (χ1n) is 11.1. The molecule has 2 unspecified atom stereocenters. The first-order chi connectivity index (χ1) is 15.4. The Balaban J connectivity index is 3.52. The van der Waals surface area contributed by atoms with Gasteiger partial charge in [-0.1, -0.05) is 18.2 Å². The zero-order valence-corrected chi connectivity index (χ0v) is 21.3. The first-order valence-corrected chi connectivity index (χ1v) is 11.1. The second kappa shape index (κ2) is 11.2. The van der Waals surface area contributed by atoms with Crippen molar-refractivity contribution in [2.24, 2.45) is 5.73 Å². The van der Waals surface area contributed by atoms with E-state index in [2.05, 4.69) is 10.6 Å². The number of primary amides is 1. The summed E-state index contributed by atoms with van der Waals surface area (Å²) in [6.45, 7) is 13.7. The minimum Gasteiger partial charge on any atom is -0.508 e. The fourth-order valence-electron chi connectivity index (χ4n) is 3.28. The van der Waals surface area contributed by atoms with Gasteiger partial charge in [0.25, 0.3) is 0 Å². The van der Waals surface area contributed by atoms with Gasteiger partial charge in [-0.3, -0.25) is 14.4 Å². The SMILES string of the molecule is CC(C)N(C(=O)C(CC(N)=O)NC(=O)OC(C)(C)C)C(C(=O)NC(C)(C)C)c1ccccc1O. The van der Waals surface area contributed by atoms with Gasteiger partial charge in [0.1, 0.15) is 23.4 Å². The molecule has 0 fully saturated rings. The fourth-order valence-corrected chi connectivity index (χ4v) is 3.28. The highest BCUT2D eigenvalue weighted by Gasteiger charge is 2.40. The van der Waals surface area contributed by atoms with Crippen LogP contribution in [-0.2, 0) is 19.1 Å². The van der Waals surface area contributed by atoms with Crippen molar-refractivity contribution in [3.63, 3.8) is 0 Å². The summed E-state index contributed by atoms with van der Waals surface area (Å²) in [5.74, 6) is -2.26. The molecule has 34 heavy (non-hydrogen) atoms. The van der Waals surface area contributed by atoms with Gasteiger partial charge in [-0.25, -0.2) is 4.79 Å². The number of ether oxygens (including phenoxy) is 1. The van der Waals surface area contributed by atoms with E-state index in [4.69, 9.17) is 10.5 Å². The molecule has 10 heteroatoms. The van der Waals surface area contributed by atoms with Crippen molar-refractivity contribution in [3.05, 3.63) is 29.8 Å². The summed E-state index contributed by atoms with van der Waals surface area (Å²) in [5, 5.41) is 15.8. The van der Waals surface area contributed by atoms with Crippen molar-refractivity contribution in [3.8, 4) is 5.75 Å². The van der Waals surface area contributed by atoms with Crippen molar-refractivity contribution in [2.75, 3.05) is 0 Å². The third-order valence-electron chi connectivity index (χ3n) is 4.46. The molecule has 0 heterocycles. The lowest BCUT2D eigenvalue weighted by Crippen LogP contribution is -2.57. The lowest BCUT2D eigenvalue weighted by molar-refractivity contribution is -0.146. The average molecular weight is 479 g/mol. The molecule has 2 atom stereocenters. The standard InChI is InChI=1S/C24H38N4O6/c1-14(2)28(21(32)16(13-18(25)30)26-22(33)34-24(6,7)8)19(20(31)27-23(3,4)5)15-11-9-10-12-17(15)29/h9-12,14,16,19,29H,13H2,1-8H3,(H2,25,30)(H,26,33)(H,27,31). The van der Waals surface area contributed by atoms with E-state index in [1.54, 1.807) is 67.5 Å². The molecular weight excluding hydrogens is 440 g/mol. The van der Waals surface area contributed by atoms with Crippen LogP contribution in [0.4, 0.5) is 4.79 Å². The summed E-state index contributed by atoms with van der Waals surface area (Å²) < 4.78 is 5.23. The molecule has 190 valence electrons. The number of hydrogen-bond acceptors (Lipinski definition) is 6. The van der Waals surface area contributed by atoms with Crippen LogP contribution in [-0.4, -0.2) is 57.0 Å². The molecule has 5 N–H and O–H groups in total. The minimum atomic E-state index is -1.38. The Hall–Kier alpha value is -3.30. The lowest BCUT2D eigenvalue weighted by atomic mass is 9.98. The summed E-state index contributed by atoms with van der Waals surface area (Å²) in [6.07, 6.45) is -1.41. The largest absolute Gasteiger partial charge is 0.508 e. The maximum atomic E-state index is 13.7. The number of phenols is 1. The van der Waals surface area contributed by atoms with E-state index in [0.717, 1.165) is 0 Å². The predicted octanol–water partition coefficient (Wildman–Crippen LogP) is 2.35. The molecule has 0 aliphatic carbocycles. The molecule has 0 radical (unpaired) electrons. The van der Waals surface area contributed by atoms with Crippen LogP contribution in [0.1, 0.15) is 73.4 Å². The number of amides is 4. The first kappa shape index (κ1) is 28.7. The number of carbonyl (C=O) groups excluding carboxylic acids is 4. The molecule has 10 nitrogen and oxygen atoms in total. The van der Waals surface area contributed by atoms with Crippen LogP contribution in [0.15, 0.2) is 24.3 Å². The Morgan fingerprint density at radius 2 is 1.62 bits per heavy atom. The monoisotopic (exact) mass is 478 g/mol. The highest BCUT2D eigenvalue weighted by atomic mass is 16.6. The van der Waals surface area contributed by atoms with Crippen molar-refractivity contribution >= 4 is 23.8 Å². The van der Waals surface area contributed by atoms with E-state index in [1.807, 2.05) is 0 Å². The van der Waals surface area contributed by atoms with Gasteiger partial charge >= 0.3 is 6.09 Å².